The number of benzene rings is 2. The number of aromatic amines is 1. The molecule has 1 saturated heterocycles. The molecule has 0 unspecified atom stereocenters. The highest BCUT2D eigenvalue weighted by Gasteiger charge is 2.18. The molecule has 1 fully saturated rings. The molecule has 2 aromatic heterocycles. The second-order valence-electron chi connectivity index (χ2n) is 8.83. The fraction of sp³-hybridized carbons (Fsp3) is 0.333. The predicted octanol–water partition coefficient (Wildman–Crippen LogP) is 4.59. The molecule has 1 atom stereocenters. The van der Waals surface area contributed by atoms with Crippen molar-refractivity contribution in [1.82, 2.24) is 25.2 Å². The Labute approximate surface area is 189 Å². The van der Waals surface area contributed by atoms with Crippen LogP contribution in [-0.4, -0.2) is 45.5 Å². The summed E-state index contributed by atoms with van der Waals surface area (Å²) in [6, 6.07) is 20.2. The van der Waals surface area contributed by atoms with Gasteiger partial charge in [0.1, 0.15) is 5.82 Å². The van der Waals surface area contributed by atoms with Crippen molar-refractivity contribution in [3.8, 4) is 11.3 Å². The van der Waals surface area contributed by atoms with Crippen LogP contribution in [0.1, 0.15) is 30.3 Å². The summed E-state index contributed by atoms with van der Waals surface area (Å²) in [7, 11) is 0. The van der Waals surface area contributed by atoms with E-state index >= 15 is 0 Å². The average Bonchev–Trinajstić information content (AvgIpc) is 3.29. The second kappa shape index (κ2) is 9.63. The smallest absolute Gasteiger partial charge is 0.128 e. The van der Waals surface area contributed by atoms with Crippen molar-refractivity contribution < 1.29 is 0 Å². The summed E-state index contributed by atoms with van der Waals surface area (Å²) in [4.78, 5) is 15.2. The molecule has 32 heavy (non-hydrogen) atoms. The van der Waals surface area contributed by atoms with Gasteiger partial charge in [0.05, 0.1) is 5.69 Å². The van der Waals surface area contributed by atoms with Crippen LogP contribution in [0.3, 0.4) is 0 Å². The molecule has 1 aliphatic rings. The number of aromatic nitrogens is 3. The van der Waals surface area contributed by atoms with Gasteiger partial charge in [-0.25, -0.2) is 9.97 Å². The Kier molecular flexibility index (Phi) is 6.28. The lowest BCUT2D eigenvalue weighted by atomic mass is 10.1. The van der Waals surface area contributed by atoms with Gasteiger partial charge in [0.2, 0.25) is 0 Å². The van der Waals surface area contributed by atoms with Gasteiger partial charge in [0, 0.05) is 62.1 Å². The molecule has 5 heteroatoms. The quantitative estimate of drug-likeness (QED) is 0.455. The van der Waals surface area contributed by atoms with Crippen LogP contribution >= 0.6 is 0 Å². The standard InChI is InChI=1S/C27H31N5/c1-20-18-28-14-15-32(20)19-22-5-2-6-23(17-22)26-11-13-30-27(31-26)7-3-4-21-8-9-25-24(16-21)10-12-29-25/h2,5-6,8-13,16-17,20,28-29H,3-4,7,14-15,18-19H2,1H3/t20-/m0/s1. The van der Waals surface area contributed by atoms with E-state index < -0.39 is 0 Å². The number of rotatable bonds is 7. The Morgan fingerprint density at radius 2 is 2.00 bits per heavy atom. The predicted molar refractivity (Wildman–Crippen MR) is 131 cm³/mol. The lowest BCUT2D eigenvalue weighted by Gasteiger charge is -2.33. The minimum Gasteiger partial charge on any atom is -0.361 e. The van der Waals surface area contributed by atoms with E-state index in [4.69, 9.17) is 4.98 Å². The molecule has 0 saturated carbocycles. The molecule has 2 N–H and O–H groups in total. The minimum atomic E-state index is 0.566. The van der Waals surface area contributed by atoms with Gasteiger partial charge in [-0.3, -0.25) is 4.90 Å². The third-order valence-electron chi connectivity index (χ3n) is 6.44. The van der Waals surface area contributed by atoms with Crippen LogP contribution in [0.4, 0.5) is 0 Å². The molecule has 1 aliphatic heterocycles. The summed E-state index contributed by atoms with van der Waals surface area (Å²) in [5.74, 6) is 0.923. The third kappa shape index (κ3) is 4.90. The van der Waals surface area contributed by atoms with Crippen molar-refractivity contribution in [1.29, 1.82) is 0 Å². The maximum atomic E-state index is 4.88. The maximum Gasteiger partial charge on any atom is 0.128 e. The van der Waals surface area contributed by atoms with E-state index in [0.29, 0.717) is 6.04 Å². The van der Waals surface area contributed by atoms with Gasteiger partial charge in [0.15, 0.2) is 0 Å². The van der Waals surface area contributed by atoms with Crippen molar-refractivity contribution in [3.63, 3.8) is 0 Å². The molecular formula is C27H31N5. The largest absolute Gasteiger partial charge is 0.361 e. The summed E-state index contributed by atoms with van der Waals surface area (Å²) in [6.45, 7) is 6.51. The average molecular weight is 426 g/mol. The first-order valence-corrected chi connectivity index (χ1v) is 11.7. The van der Waals surface area contributed by atoms with Crippen molar-refractivity contribution in [3.05, 3.63) is 83.9 Å². The van der Waals surface area contributed by atoms with E-state index in [2.05, 4.69) is 75.6 Å². The number of aryl methyl sites for hydroxylation is 2. The zero-order valence-electron chi connectivity index (χ0n) is 18.7. The monoisotopic (exact) mass is 425 g/mol. The summed E-state index contributed by atoms with van der Waals surface area (Å²) >= 11 is 0. The lowest BCUT2D eigenvalue weighted by Crippen LogP contribution is -2.49. The fourth-order valence-corrected chi connectivity index (χ4v) is 4.57. The fourth-order valence-electron chi connectivity index (χ4n) is 4.57. The Morgan fingerprint density at radius 3 is 2.94 bits per heavy atom. The SMILES string of the molecule is C[C@H]1CNCCN1Cc1cccc(-c2ccnc(CCCc3ccc4[nH]ccc4c3)n2)c1. The van der Waals surface area contributed by atoms with Gasteiger partial charge in [0.25, 0.3) is 0 Å². The molecule has 2 aromatic carbocycles. The third-order valence-corrected chi connectivity index (χ3v) is 6.44. The molecule has 0 aliphatic carbocycles. The number of fused-ring (bicyclic) bond motifs is 1. The van der Waals surface area contributed by atoms with Crippen molar-refractivity contribution >= 4 is 10.9 Å². The van der Waals surface area contributed by atoms with Crippen LogP contribution in [0.2, 0.25) is 0 Å². The van der Waals surface area contributed by atoms with Crippen LogP contribution in [0.25, 0.3) is 22.2 Å². The first-order chi connectivity index (χ1) is 15.7. The van der Waals surface area contributed by atoms with Gasteiger partial charge < -0.3 is 10.3 Å². The van der Waals surface area contributed by atoms with Gasteiger partial charge in [-0.1, -0.05) is 24.3 Å². The molecule has 0 amide bonds. The lowest BCUT2D eigenvalue weighted by molar-refractivity contribution is 0.165. The topological polar surface area (TPSA) is 56.8 Å². The number of hydrogen-bond acceptors (Lipinski definition) is 4. The molecule has 4 aromatic rings. The highest BCUT2D eigenvalue weighted by atomic mass is 15.2. The first-order valence-electron chi connectivity index (χ1n) is 11.7. The van der Waals surface area contributed by atoms with Gasteiger partial charge >= 0.3 is 0 Å². The van der Waals surface area contributed by atoms with Crippen molar-refractivity contribution in [2.24, 2.45) is 0 Å². The number of nitrogens with zero attached hydrogens (tertiary/aromatic N) is 3. The molecule has 5 nitrogen and oxygen atoms in total. The highest BCUT2D eigenvalue weighted by Crippen LogP contribution is 2.21. The van der Waals surface area contributed by atoms with Crippen LogP contribution in [0.5, 0.6) is 0 Å². The molecular weight excluding hydrogens is 394 g/mol. The maximum absolute atomic E-state index is 4.88. The number of H-pyrrole nitrogens is 1. The van der Waals surface area contributed by atoms with E-state index in [0.717, 1.165) is 57.0 Å². The van der Waals surface area contributed by atoms with Crippen LogP contribution in [-0.2, 0) is 19.4 Å². The summed E-state index contributed by atoms with van der Waals surface area (Å²) in [5, 5.41) is 4.74. The zero-order valence-corrected chi connectivity index (χ0v) is 18.7. The summed E-state index contributed by atoms with van der Waals surface area (Å²) in [5.41, 5.74) is 6.09. The highest BCUT2D eigenvalue weighted by molar-refractivity contribution is 5.79. The van der Waals surface area contributed by atoms with E-state index in [9.17, 15) is 0 Å². The molecule has 3 heterocycles. The van der Waals surface area contributed by atoms with Crippen LogP contribution in [0, 0.1) is 0 Å². The Morgan fingerprint density at radius 1 is 1.03 bits per heavy atom. The van der Waals surface area contributed by atoms with Crippen LogP contribution < -0.4 is 5.32 Å². The molecule has 0 radical (unpaired) electrons. The van der Waals surface area contributed by atoms with Crippen LogP contribution in [0.15, 0.2) is 67.0 Å². The van der Waals surface area contributed by atoms with E-state index in [1.807, 2.05) is 18.5 Å². The van der Waals surface area contributed by atoms with Crippen molar-refractivity contribution in [2.75, 3.05) is 19.6 Å². The summed E-state index contributed by atoms with van der Waals surface area (Å²) < 4.78 is 0. The number of piperazine rings is 1. The van der Waals surface area contributed by atoms with E-state index in [1.165, 1.54) is 27.6 Å². The molecule has 0 spiro atoms. The molecule has 164 valence electrons. The number of hydrogen-bond donors (Lipinski definition) is 2. The Balaban J connectivity index is 1.23. The van der Waals surface area contributed by atoms with Crippen molar-refractivity contribution in [2.45, 2.75) is 38.8 Å². The number of nitrogens with one attached hydrogen (secondary N) is 2. The molecule has 5 rings (SSSR count). The van der Waals surface area contributed by atoms with E-state index in [1.54, 1.807) is 0 Å². The van der Waals surface area contributed by atoms with E-state index in [-0.39, 0.29) is 0 Å². The normalized spacial score (nSPS) is 17.1. The Bertz CT molecular complexity index is 1180. The minimum absolute atomic E-state index is 0.566. The summed E-state index contributed by atoms with van der Waals surface area (Å²) in [6.07, 6.45) is 6.85. The molecule has 0 bridgehead atoms. The zero-order chi connectivity index (χ0) is 21.8. The second-order valence-corrected chi connectivity index (χ2v) is 8.83. The van der Waals surface area contributed by atoms with Gasteiger partial charge in [-0.15, -0.1) is 0 Å². The van der Waals surface area contributed by atoms with Gasteiger partial charge in [-0.05, 0) is 66.6 Å². The Hall–Kier alpha value is -3.02. The first kappa shape index (κ1) is 20.9. The van der Waals surface area contributed by atoms with Gasteiger partial charge in [-0.2, -0.15) is 0 Å².